The van der Waals surface area contributed by atoms with Crippen molar-refractivity contribution < 1.29 is 0 Å². The molecule has 0 atom stereocenters. The summed E-state index contributed by atoms with van der Waals surface area (Å²) >= 11 is 0. The second-order valence-electron chi connectivity index (χ2n) is 8.27. The fraction of sp³-hybridized carbons (Fsp3) is 0.0323. The monoisotopic (exact) mass is 455 g/mol. The van der Waals surface area contributed by atoms with Crippen LogP contribution in [-0.2, 0) is 0 Å². The minimum atomic E-state index is 0.425. The highest BCUT2D eigenvalue weighted by atomic mass is 16.3. The molecule has 0 spiro atoms. The topological polar surface area (TPSA) is 35.9 Å². The zero-order valence-corrected chi connectivity index (χ0v) is 19.5. The lowest BCUT2D eigenvalue weighted by Gasteiger charge is -2.27. The van der Waals surface area contributed by atoms with Gasteiger partial charge in [0, 0.05) is 35.5 Å². The van der Waals surface area contributed by atoms with Crippen LogP contribution in [0.5, 0.6) is 0 Å². The lowest BCUT2D eigenvalue weighted by atomic mass is 10.0. The molecule has 0 aliphatic carbocycles. The van der Waals surface area contributed by atoms with Gasteiger partial charge >= 0.3 is 0 Å². The van der Waals surface area contributed by atoms with Gasteiger partial charge in [-0.05, 0) is 89.1 Å². The van der Waals surface area contributed by atoms with Gasteiger partial charge in [-0.15, -0.1) is 4.91 Å². The molecule has 0 saturated heterocycles. The Kier molecular flexibility index (Phi) is 6.35. The lowest BCUT2D eigenvalue weighted by molar-refractivity contribution is 1.20. The number of anilines is 5. The molecular weight excluding hydrogens is 430 g/mol. The third kappa shape index (κ3) is 4.82. The van der Waals surface area contributed by atoms with Gasteiger partial charge in [0.05, 0.1) is 0 Å². The fourth-order valence-electron chi connectivity index (χ4n) is 4.17. The van der Waals surface area contributed by atoms with Crippen LogP contribution in [0, 0.1) is 4.91 Å². The first-order valence-electron chi connectivity index (χ1n) is 11.5. The van der Waals surface area contributed by atoms with Gasteiger partial charge in [0.1, 0.15) is 5.69 Å². The van der Waals surface area contributed by atoms with Crippen LogP contribution in [0.2, 0.25) is 0 Å². The lowest BCUT2D eigenvalue weighted by Crippen LogP contribution is -2.11. The van der Waals surface area contributed by atoms with Crippen molar-refractivity contribution in [3.8, 4) is 11.1 Å². The van der Waals surface area contributed by atoms with Crippen molar-refractivity contribution >= 4 is 34.1 Å². The first-order chi connectivity index (χ1) is 17.2. The molecule has 0 aromatic heterocycles. The Bertz CT molecular complexity index is 1380. The summed E-state index contributed by atoms with van der Waals surface area (Å²) in [6.07, 6.45) is 0. The van der Waals surface area contributed by atoms with Gasteiger partial charge in [0.2, 0.25) is 0 Å². The van der Waals surface area contributed by atoms with Crippen molar-refractivity contribution in [2.75, 3.05) is 16.8 Å². The Balaban J connectivity index is 1.46. The van der Waals surface area contributed by atoms with E-state index in [1.807, 2.05) is 31.3 Å². The van der Waals surface area contributed by atoms with Gasteiger partial charge in [-0.1, -0.05) is 60.7 Å². The molecule has 0 fully saturated rings. The Morgan fingerprint density at radius 1 is 0.457 bits per heavy atom. The summed E-state index contributed by atoms with van der Waals surface area (Å²) < 4.78 is 0. The molecule has 0 N–H and O–H groups in total. The van der Waals surface area contributed by atoms with Crippen molar-refractivity contribution in [3.05, 3.63) is 138 Å². The maximum Gasteiger partial charge on any atom is 0.108 e. The predicted octanol–water partition coefficient (Wildman–Crippen LogP) is 8.99. The molecule has 0 bridgehead atoms. The van der Waals surface area contributed by atoms with Crippen LogP contribution in [-0.4, -0.2) is 7.05 Å². The molecule has 5 aromatic rings. The van der Waals surface area contributed by atoms with Crippen molar-refractivity contribution in [3.63, 3.8) is 0 Å². The highest BCUT2D eigenvalue weighted by molar-refractivity contribution is 5.79. The first-order valence-corrected chi connectivity index (χ1v) is 11.5. The van der Waals surface area contributed by atoms with Gasteiger partial charge in [-0.3, -0.25) is 0 Å². The molecule has 0 unspecified atom stereocenters. The standard InChI is InChI=1S/C31H25N3O/c1-33(27-18-14-26(32-35)15-19-27)28-20-22-31(23-21-28)34(29-10-6-3-7-11-29)30-16-12-25(13-17-30)24-8-4-2-5-9-24/h2-23H,1H3. The number of rotatable bonds is 7. The molecule has 35 heavy (non-hydrogen) atoms. The Hall–Kier alpha value is -4.70. The largest absolute Gasteiger partial charge is 0.345 e. The van der Waals surface area contributed by atoms with E-state index < -0.39 is 0 Å². The quantitative estimate of drug-likeness (QED) is 0.230. The Morgan fingerprint density at radius 2 is 0.857 bits per heavy atom. The number of nitrogens with zero attached hydrogens (tertiary/aromatic N) is 3. The fourth-order valence-corrected chi connectivity index (χ4v) is 4.17. The summed E-state index contributed by atoms with van der Waals surface area (Å²) in [6.45, 7) is 0. The van der Waals surface area contributed by atoms with E-state index in [-0.39, 0.29) is 0 Å². The normalized spacial score (nSPS) is 10.5. The second kappa shape index (κ2) is 10.1. The average molecular weight is 456 g/mol. The number of nitroso groups, excluding NO2 is 1. The number of hydrogen-bond acceptors (Lipinski definition) is 4. The minimum absolute atomic E-state index is 0.425. The van der Waals surface area contributed by atoms with Crippen molar-refractivity contribution in [2.45, 2.75) is 0 Å². The molecule has 5 aromatic carbocycles. The summed E-state index contributed by atoms with van der Waals surface area (Å²) in [5, 5.41) is 2.98. The van der Waals surface area contributed by atoms with Gasteiger partial charge in [0.25, 0.3) is 0 Å². The molecular formula is C31H25N3O. The minimum Gasteiger partial charge on any atom is -0.345 e. The Morgan fingerprint density at radius 3 is 1.40 bits per heavy atom. The van der Waals surface area contributed by atoms with Crippen LogP contribution in [0.4, 0.5) is 34.1 Å². The summed E-state index contributed by atoms with van der Waals surface area (Å²) in [5.74, 6) is 0. The molecule has 0 heterocycles. The summed E-state index contributed by atoms with van der Waals surface area (Å²) in [7, 11) is 2.01. The average Bonchev–Trinajstić information content (AvgIpc) is 2.95. The third-order valence-electron chi connectivity index (χ3n) is 6.08. The van der Waals surface area contributed by atoms with Gasteiger partial charge in [-0.25, -0.2) is 0 Å². The van der Waals surface area contributed by atoms with E-state index in [9.17, 15) is 4.91 Å². The zero-order chi connectivity index (χ0) is 24.0. The zero-order valence-electron chi connectivity index (χ0n) is 19.5. The van der Waals surface area contributed by atoms with Crippen LogP contribution in [0.25, 0.3) is 11.1 Å². The highest BCUT2D eigenvalue weighted by Crippen LogP contribution is 2.37. The van der Waals surface area contributed by atoms with E-state index in [1.54, 1.807) is 12.1 Å². The maximum atomic E-state index is 10.7. The van der Waals surface area contributed by atoms with E-state index in [0.717, 1.165) is 28.4 Å². The van der Waals surface area contributed by atoms with Crippen LogP contribution < -0.4 is 9.80 Å². The van der Waals surface area contributed by atoms with E-state index in [0.29, 0.717) is 5.69 Å². The molecule has 0 radical (unpaired) electrons. The molecule has 170 valence electrons. The first kappa shape index (κ1) is 22.1. The molecule has 0 aliphatic heterocycles. The SMILES string of the molecule is CN(c1ccc(N=O)cc1)c1ccc(N(c2ccccc2)c2ccc(-c3ccccc3)cc2)cc1. The van der Waals surface area contributed by atoms with E-state index in [2.05, 4.69) is 112 Å². The van der Waals surface area contributed by atoms with Crippen LogP contribution in [0.1, 0.15) is 0 Å². The number of benzene rings is 5. The Labute approximate surface area is 205 Å². The summed E-state index contributed by atoms with van der Waals surface area (Å²) in [4.78, 5) is 15.1. The summed E-state index contributed by atoms with van der Waals surface area (Å²) in [6, 6.07) is 45.2. The molecule has 5 rings (SSSR count). The predicted molar refractivity (Wildman–Crippen MR) is 147 cm³/mol. The molecule has 0 saturated carbocycles. The van der Waals surface area contributed by atoms with E-state index in [4.69, 9.17) is 0 Å². The van der Waals surface area contributed by atoms with Gasteiger partial charge in [-0.2, -0.15) is 0 Å². The molecule has 4 nitrogen and oxygen atoms in total. The maximum absolute atomic E-state index is 10.7. The van der Waals surface area contributed by atoms with Crippen LogP contribution in [0.3, 0.4) is 0 Å². The van der Waals surface area contributed by atoms with Crippen LogP contribution >= 0.6 is 0 Å². The van der Waals surface area contributed by atoms with Crippen LogP contribution in [0.15, 0.2) is 139 Å². The van der Waals surface area contributed by atoms with Gasteiger partial charge in [0.15, 0.2) is 0 Å². The third-order valence-corrected chi connectivity index (χ3v) is 6.08. The summed E-state index contributed by atoms with van der Waals surface area (Å²) in [5.41, 5.74) is 8.11. The highest BCUT2D eigenvalue weighted by Gasteiger charge is 2.13. The smallest absolute Gasteiger partial charge is 0.108 e. The number of hydrogen-bond donors (Lipinski definition) is 0. The molecule has 0 aliphatic rings. The van der Waals surface area contributed by atoms with Crippen molar-refractivity contribution in [2.24, 2.45) is 5.18 Å². The van der Waals surface area contributed by atoms with E-state index >= 15 is 0 Å². The molecule has 0 amide bonds. The van der Waals surface area contributed by atoms with E-state index in [1.165, 1.54) is 11.1 Å². The van der Waals surface area contributed by atoms with Crippen molar-refractivity contribution in [1.82, 2.24) is 0 Å². The molecule has 4 heteroatoms. The van der Waals surface area contributed by atoms with Crippen molar-refractivity contribution in [1.29, 1.82) is 0 Å². The second-order valence-corrected chi connectivity index (χ2v) is 8.27. The van der Waals surface area contributed by atoms with Gasteiger partial charge < -0.3 is 9.80 Å². The number of para-hydroxylation sites is 1.